The van der Waals surface area contributed by atoms with Gasteiger partial charge in [-0.25, -0.2) is 4.39 Å². The van der Waals surface area contributed by atoms with E-state index in [1.165, 1.54) is 23.9 Å². The van der Waals surface area contributed by atoms with Crippen molar-refractivity contribution in [1.29, 1.82) is 0 Å². The van der Waals surface area contributed by atoms with Gasteiger partial charge in [0.25, 0.3) is 0 Å². The van der Waals surface area contributed by atoms with Crippen LogP contribution in [0.25, 0.3) is 0 Å². The summed E-state index contributed by atoms with van der Waals surface area (Å²) in [6.45, 7) is 5.88. The largest absolute Gasteiger partial charge is 0.392 e. The monoisotopic (exact) mass is 240 g/mol. The van der Waals surface area contributed by atoms with Gasteiger partial charge in [-0.15, -0.1) is 11.8 Å². The van der Waals surface area contributed by atoms with Crippen LogP contribution in [0.1, 0.15) is 19.8 Å². The Kier molecular flexibility index (Phi) is 5.56. The number of benzene rings is 1. The summed E-state index contributed by atoms with van der Waals surface area (Å²) in [7, 11) is 0. The molecule has 0 amide bonds. The van der Waals surface area contributed by atoms with E-state index in [0.717, 1.165) is 16.9 Å². The second kappa shape index (κ2) is 6.71. The van der Waals surface area contributed by atoms with Gasteiger partial charge in [0.05, 0.1) is 6.10 Å². The molecule has 1 atom stereocenters. The molecule has 0 saturated carbocycles. The van der Waals surface area contributed by atoms with Crippen LogP contribution < -0.4 is 0 Å². The lowest BCUT2D eigenvalue weighted by Gasteiger charge is -2.11. The van der Waals surface area contributed by atoms with Crippen LogP contribution in [0.3, 0.4) is 0 Å². The van der Waals surface area contributed by atoms with Crippen molar-refractivity contribution in [1.82, 2.24) is 0 Å². The highest BCUT2D eigenvalue weighted by Gasteiger charge is 2.06. The van der Waals surface area contributed by atoms with Crippen LogP contribution in [0.5, 0.6) is 0 Å². The fourth-order valence-corrected chi connectivity index (χ4v) is 2.16. The zero-order valence-electron chi connectivity index (χ0n) is 9.45. The van der Waals surface area contributed by atoms with Crippen molar-refractivity contribution in [3.63, 3.8) is 0 Å². The summed E-state index contributed by atoms with van der Waals surface area (Å²) in [6.07, 6.45) is 1.11. The molecule has 1 aromatic rings. The van der Waals surface area contributed by atoms with Crippen LogP contribution in [0.2, 0.25) is 0 Å². The van der Waals surface area contributed by atoms with Gasteiger partial charge in [0.15, 0.2) is 0 Å². The molecule has 0 radical (unpaired) electrons. The molecule has 1 rings (SSSR count). The number of rotatable bonds is 6. The van der Waals surface area contributed by atoms with Gasteiger partial charge in [-0.05, 0) is 31.0 Å². The van der Waals surface area contributed by atoms with Crippen molar-refractivity contribution in [3.05, 3.63) is 42.2 Å². The summed E-state index contributed by atoms with van der Waals surface area (Å²) < 4.78 is 12.9. The number of aliphatic hydroxyl groups excluding tert-OH is 1. The fourth-order valence-electron chi connectivity index (χ4n) is 1.29. The summed E-state index contributed by atoms with van der Waals surface area (Å²) in [5.74, 6) is 0.333. The van der Waals surface area contributed by atoms with E-state index in [1.54, 1.807) is 6.07 Å². The molecule has 0 aliphatic heterocycles. The highest BCUT2D eigenvalue weighted by Crippen LogP contribution is 2.21. The highest BCUT2D eigenvalue weighted by molar-refractivity contribution is 7.99. The van der Waals surface area contributed by atoms with E-state index in [4.69, 9.17) is 0 Å². The molecule has 0 bridgehead atoms. The Morgan fingerprint density at radius 1 is 1.56 bits per heavy atom. The number of hydrogen-bond acceptors (Lipinski definition) is 2. The van der Waals surface area contributed by atoms with Gasteiger partial charge < -0.3 is 5.11 Å². The van der Waals surface area contributed by atoms with Crippen LogP contribution in [0, 0.1) is 5.82 Å². The van der Waals surface area contributed by atoms with Gasteiger partial charge in [0.1, 0.15) is 5.82 Å². The molecular weight excluding hydrogens is 223 g/mol. The standard InChI is InChI=1S/C13H17FOS/c1-3-10(2)7-12(15)9-16-13-6-4-5-11(14)8-13/h4-6,8,12,15H,2-3,7,9H2,1H3. The normalized spacial score (nSPS) is 12.4. The van der Waals surface area contributed by atoms with Crippen LogP contribution in [0.15, 0.2) is 41.3 Å². The molecule has 1 unspecified atom stereocenters. The summed E-state index contributed by atoms with van der Waals surface area (Å²) in [5.41, 5.74) is 1.05. The maximum atomic E-state index is 12.9. The second-order valence-electron chi connectivity index (χ2n) is 3.73. The average Bonchev–Trinajstić information content (AvgIpc) is 2.26. The average molecular weight is 240 g/mol. The van der Waals surface area contributed by atoms with Crippen molar-refractivity contribution in [2.75, 3.05) is 5.75 Å². The SMILES string of the molecule is C=C(CC)CC(O)CSc1cccc(F)c1. The third kappa shape index (κ3) is 4.81. The zero-order valence-corrected chi connectivity index (χ0v) is 10.3. The smallest absolute Gasteiger partial charge is 0.124 e. The molecule has 3 heteroatoms. The lowest BCUT2D eigenvalue weighted by atomic mass is 10.1. The maximum Gasteiger partial charge on any atom is 0.124 e. The molecule has 0 aliphatic rings. The van der Waals surface area contributed by atoms with Crippen molar-refractivity contribution >= 4 is 11.8 Å². The molecule has 1 nitrogen and oxygen atoms in total. The fraction of sp³-hybridized carbons (Fsp3) is 0.385. The first kappa shape index (κ1) is 13.3. The molecule has 88 valence electrons. The first-order valence-corrected chi connectivity index (χ1v) is 6.33. The number of halogens is 1. The van der Waals surface area contributed by atoms with Crippen LogP contribution >= 0.6 is 11.8 Å². The van der Waals surface area contributed by atoms with Gasteiger partial charge in [-0.2, -0.15) is 0 Å². The lowest BCUT2D eigenvalue weighted by molar-refractivity contribution is 0.199. The number of hydrogen-bond donors (Lipinski definition) is 1. The van der Waals surface area contributed by atoms with Gasteiger partial charge in [-0.3, -0.25) is 0 Å². The minimum absolute atomic E-state index is 0.238. The molecule has 1 aromatic carbocycles. The molecule has 1 N–H and O–H groups in total. The Morgan fingerprint density at radius 2 is 2.31 bits per heavy atom. The van der Waals surface area contributed by atoms with E-state index in [0.29, 0.717) is 12.2 Å². The molecule has 0 saturated heterocycles. The Hall–Kier alpha value is -0.800. The quantitative estimate of drug-likeness (QED) is 0.605. The third-order valence-electron chi connectivity index (χ3n) is 2.26. The van der Waals surface area contributed by atoms with E-state index >= 15 is 0 Å². The van der Waals surface area contributed by atoms with E-state index in [-0.39, 0.29) is 5.82 Å². The molecule has 0 aliphatic carbocycles. The van der Waals surface area contributed by atoms with Gasteiger partial charge in [0.2, 0.25) is 0 Å². The third-order valence-corrected chi connectivity index (χ3v) is 3.40. The van der Waals surface area contributed by atoms with Gasteiger partial charge in [-0.1, -0.05) is 25.1 Å². The van der Waals surface area contributed by atoms with Crippen molar-refractivity contribution in [2.24, 2.45) is 0 Å². The van der Waals surface area contributed by atoms with Crippen LogP contribution in [-0.2, 0) is 0 Å². The molecular formula is C13H17FOS. The van der Waals surface area contributed by atoms with Crippen molar-refractivity contribution in [3.8, 4) is 0 Å². The minimum Gasteiger partial charge on any atom is -0.392 e. The molecule has 16 heavy (non-hydrogen) atoms. The lowest BCUT2D eigenvalue weighted by Crippen LogP contribution is -2.10. The molecule has 0 spiro atoms. The summed E-state index contributed by atoms with van der Waals surface area (Å²) >= 11 is 1.46. The number of thioether (sulfide) groups is 1. The predicted molar refractivity (Wildman–Crippen MR) is 67.2 cm³/mol. The highest BCUT2D eigenvalue weighted by atomic mass is 32.2. The Labute approximate surface area is 100 Å². The van der Waals surface area contributed by atoms with Crippen molar-refractivity contribution < 1.29 is 9.50 Å². The van der Waals surface area contributed by atoms with Crippen molar-refractivity contribution in [2.45, 2.75) is 30.8 Å². The predicted octanol–water partition coefficient (Wildman–Crippen LogP) is 3.64. The van der Waals surface area contributed by atoms with E-state index in [2.05, 4.69) is 6.58 Å². The Morgan fingerprint density at radius 3 is 2.94 bits per heavy atom. The minimum atomic E-state index is -0.402. The first-order chi connectivity index (χ1) is 7.61. The number of aliphatic hydroxyl groups is 1. The maximum absolute atomic E-state index is 12.9. The van der Waals surface area contributed by atoms with Gasteiger partial charge >= 0.3 is 0 Å². The summed E-state index contributed by atoms with van der Waals surface area (Å²) in [4.78, 5) is 0.848. The molecule has 0 heterocycles. The first-order valence-electron chi connectivity index (χ1n) is 5.35. The Bertz CT molecular complexity index is 352. The van der Waals surface area contributed by atoms with E-state index in [1.807, 2.05) is 13.0 Å². The Balaban J connectivity index is 2.37. The van der Waals surface area contributed by atoms with E-state index < -0.39 is 6.10 Å². The van der Waals surface area contributed by atoms with Gasteiger partial charge in [0, 0.05) is 10.6 Å². The summed E-state index contributed by atoms with van der Waals surface area (Å²) in [5, 5.41) is 9.71. The zero-order chi connectivity index (χ0) is 12.0. The second-order valence-corrected chi connectivity index (χ2v) is 4.82. The topological polar surface area (TPSA) is 20.2 Å². The molecule has 0 aromatic heterocycles. The van der Waals surface area contributed by atoms with Crippen LogP contribution in [-0.4, -0.2) is 17.0 Å². The van der Waals surface area contributed by atoms with E-state index in [9.17, 15) is 9.50 Å². The summed E-state index contributed by atoms with van der Waals surface area (Å²) in [6, 6.07) is 6.41. The van der Waals surface area contributed by atoms with Crippen LogP contribution in [0.4, 0.5) is 4.39 Å². The molecule has 0 fully saturated rings.